The van der Waals surface area contributed by atoms with Gasteiger partial charge in [-0.15, -0.1) is 0 Å². The number of carboxylic acids is 1. The van der Waals surface area contributed by atoms with E-state index in [-0.39, 0.29) is 19.4 Å². The summed E-state index contributed by atoms with van der Waals surface area (Å²) in [6.45, 7) is 2.54. The van der Waals surface area contributed by atoms with E-state index in [0.717, 1.165) is 70.6 Å². The normalized spacial score (nSPS) is 14.7. The summed E-state index contributed by atoms with van der Waals surface area (Å²) in [5.74, 6) is -2.50. The first-order chi connectivity index (χ1) is 26.1. The van der Waals surface area contributed by atoms with Gasteiger partial charge in [0.25, 0.3) is 0 Å². The fraction of sp³-hybridized carbons (Fsp3) is 0.595. The zero-order valence-corrected chi connectivity index (χ0v) is 33.7. The molecule has 306 valence electrons. The highest BCUT2D eigenvalue weighted by molar-refractivity contribution is 7.47. The third kappa shape index (κ3) is 35.7. The van der Waals surface area contributed by atoms with E-state index in [9.17, 15) is 23.8 Å². The molecular weight excluding hydrogens is 709 g/mol. The van der Waals surface area contributed by atoms with Crippen molar-refractivity contribution < 1.29 is 47.5 Å². The molecule has 0 bridgehead atoms. The quantitative estimate of drug-likeness (QED) is 0.0242. The molecule has 12 heteroatoms. The van der Waals surface area contributed by atoms with Gasteiger partial charge in [-0.1, -0.05) is 112 Å². The number of phosphoric ester groups is 1. The van der Waals surface area contributed by atoms with Gasteiger partial charge in [0.05, 0.1) is 13.2 Å². The Morgan fingerprint density at radius 1 is 0.593 bits per heavy atom. The maximum Gasteiger partial charge on any atom is 0.472 e. The number of carboxylic acid groups (broad SMARTS) is 1. The molecule has 0 aliphatic rings. The summed E-state index contributed by atoms with van der Waals surface area (Å²) < 4.78 is 32.5. The van der Waals surface area contributed by atoms with Crippen molar-refractivity contribution in [2.24, 2.45) is 5.73 Å². The van der Waals surface area contributed by atoms with Crippen molar-refractivity contribution in [1.82, 2.24) is 0 Å². The Bertz CT molecular complexity index is 1240. The number of carbonyl (C=O) groups excluding carboxylic acids is 2. The number of hydrogen-bond acceptors (Lipinski definition) is 9. The largest absolute Gasteiger partial charge is 0.480 e. The Morgan fingerprint density at radius 2 is 1.02 bits per heavy atom. The summed E-state index contributed by atoms with van der Waals surface area (Å²) in [4.78, 5) is 45.8. The van der Waals surface area contributed by atoms with Crippen LogP contribution in [0.3, 0.4) is 0 Å². The van der Waals surface area contributed by atoms with Gasteiger partial charge in [-0.2, -0.15) is 0 Å². The topological polar surface area (TPSA) is 172 Å². The molecule has 0 aliphatic carbocycles. The molecule has 0 heterocycles. The van der Waals surface area contributed by atoms with E-state index < -0.39 is 51.1 Å². The van der Waals surface area contributed by atoms with Crippen LogP contribution in [-0.4, -0.2) is 59.9 Å². The smallest absolute Gasteiger partial charge is 0.472 e. The number of hydrogen-bond donors (Lipinski definition) is 3. The van der Waals surface area contributed by atoms with Gasteiger partial charge in [-0.05, 0) is 89.9 Å². The summed E-state index contributed by atoms with van der Waals surface area (Å²) in [5, 5.41) is 8.87. The Kier molecular flexibility index (Phi) is 34.4. The third-order valence-electron chi connectivity index (χ3n) is 7.63. The van der Waals surface area contributed by atoms with Gasteiger partial charge in [0.1, 0.15) is 12.6 Å². The second-order valence-electron chi connectivity index (χ2n) is 12.7. The Balaban J connectivity index is 4.59. The van der Waals surface area contributed by atoms with Crippen molar-refractivity contribution in [3.8, 4) is 0 Å². The lowest BCUT2D eigenvalue weighted by molar-refractivity contribution is -0.161. The average molecular weight is 778 g/mol. The molecule has 0 saturated carbocycles. The Labute approximate surface area is 324 Å². The van der Waals surface area contributed by atoms with Gasteiger partial charge in [0.2, 0.25) is 0 Å². The number of allylic oxidation sites excluding steroid dienone is 14. The van der Waals surface area contributed by atoms with Crippen molar-refractivity contribution in [2.75, 3.05) is 19.8 Å². The second-order valence-corrected chi connectivity index (χ2v) is 14.1. The van der Waals surface area contributed by atoms with Gasteiger partial charge < -0.3 is 25.2 Å². The monoisotopic (exact) mass is 777 g/mol. The molecule has 0 aliphatic heterocycles. The molecule has 4 N–H and O–H groups in total. The minimum atomic E-state index is -4.74. The van der Waals surface area contributed by atoms with Crippen LogP contribution >= 0.6 is 7.82 Å². The number of ether oxygens (including phenoxy) is 2. The lowest BCUT2D eigenvalue weighted by Gasteiger charge is -2.20. The predicted molar refractivity (Wildman–Crippen MR) is 217 cm³/mol. The molecule has 3 atom stereocenters. The first-order valence-electron chi connectivity index (χ1n) is 19.6. The first-order valence-corrected chi connectivity index (χ1v) is 21.1. The van der Waals surface area contributed by atoms with E-state index in [1.807, 2.05) is 0 Å². The van der Waals surface area contributed by atoms with Gasteiger partial charge >= 0.3 is 25.7 Å². The molecule has 0 saturated heterocycles. The van der Waals surface area contributed by atoms with Crippen molar-refractivity contribution in [3.63, 3.8) is 0 Å². The highest BCUT2D eigenvalue weighted by Crippen LogP contribution is 2.43. The van der Waals surface area contributed by atoms with Crippen molar-refractivity contribution in [2.45, 2.75) is 142 Å². The molecule has 0 rings (SSSR count). The SMILES string of the molecule is CC/C=C\C/C=C\C/C=C\C/C=C\CCCCC(=O)O[C@H](COC(=O)CCCC/C=C\C/C=C\C/C=C\CCCCC)COP(=O)(O)OC[C@H](N)C(=O)O. The van der Waals surface area contributed by atoms with Crippen molar-refractivity contribution in [3.05, 3.63) is 85.1 Å². The van der Waals surface area contributed by atoms with Crippen LogP contribution in [0.25, 0.3) is 0 Å². The number of unbranched alkanes of at least 4 members (excludes halogenated alkanes) is 7. The van der Waals surface area contributed by atoms with E-state index in [0.29, 0.717) is 12.8 Å². The lowest BCUT2D eigenvalue weighted by Crippen LogP contribution is -2.34. The van der Waals surface area contributed by atoms with Gasteiger partial charge in [-0.25, -0.2) is 4.57 Å². The van der Waals surface area contributed by atoms with Crippen LogP contribution in [0.2, 0.25) is 0 Å². The predicted octanol–water partition coefficient (Wildman–Crippen LogP) is 9.94. The first kappa shape index (κ1) is 50.7. The number of rotatable bonds is 35. The van der Waals surface area contributed by atoms with E-state index in [1.54, 1.807) is 0 Å². The van der Waals surface area contributed by atoms with Crippen LogP contribution in [0.15, 0.2) is 85.1 Å². The highest BCUT2D eigenvalue weighted by atomic mass is 31.2. The summed E-state index contributed by atoms with van der Waals surface area (Å²) >= 11 is 0. The second kappa shape index (κ2) is 36.6. The van der Waals surface area contributed by atoms with E-state index in [1.165, 1.54) is 19.3 Å². The molecule has 0 aromatic carbocycles. The average Bonchev–Trinajstić information content (AvgIpc) is 3.14. The Hall–Kier alpha value is -3.34. The fourth-order valence-electron chi connectivity index (χ4n) is 4.53. The van der Waals surface area contributed by atoms with Crippen LogP contribution in [-0.2, 0) is 37.5 Å². The number of carbonyl (C=O) groups is 3. The number of phosphoric acid groups is 1. The van der Waals surface area contributed by atoms with Gasteiger partial charge in [-0.3, -0.25) is 23.4 Å². The van der Waals surface area contributed by atoms with Gasteiger partial charge in [0.15, 0.2) is 6.10 Å². The maximum atomic E-state index is 12.6. The van der Waals surface area contributed by atoms with E-state index in [2.05, 4.69) is 103 Å². The molecule has 0 radical (unpaired) electrons. The molecule has 11 nitrogen and oxygen atoms in total. The molecule has 0 aromatic rings. The highest BCUT2D eigenvalue weighted by Gasteiger charge is 2.28. The minimum absolute atomic E-state index is 0.0954. The number of esters is 2. The van der Waals surface area contributed by atoms with Gasteiger partial charge in [0, 0.05) is 12.8 Å². The summed E-state index contributed by atoms with van der Waals surface area (Å²) in [6.07, 6.45) is 43.7. The van der Waals surface area contributed by atoms with Crippen LogP contribution in [0.4, 0.5) is 0 Å². The summed E-state index contributed by atoms with van der Waals surface area (Å²) in [5.41, 5.74) is 5.31. The molecule has 0 amide bonds. The van der Waals surface area contributed by atoms with Crippen LogP contribution in [0.1, 0.15) is 129 Å². The third-order valence-corrected chi connectivity index (χ3v) is 8.58. The van der Waals surface area contributed by atoms with Crippen molar-refractivity contribution >= 4 is 25.7 Å². The Morgan fingerprint density at radius 3 is 1.48 bits per heavy atom. The standard InChI is InChI=1S/C42H68NO10P/c1-3-5-7-9-11-13-15-17-19-21-23-25-27-29-31-33-40(44)50-35-38(36-51-54(48,49)52-37-39(43)42(46)47)53-41(45)34-32-30-28-26-24-22-20-18-16-14-12-10-8-6-4-2/h6,8,11-14,17-20,23-26,38-39H,3-5,7,9-10,15-16,21-22,27-37,43H2,1-2H3,(H,46,47)(H,48,49)/b8-6-,13-11-,14-12-,19-17-,20-18-,25-23-,26-24-/t38-,39+/m1/s1. The number of aliphatic carboxylic acids is 1. The molecule has 1 unspecified atom stereocenters. The van der Waals surface area contributed by atoms with E-state index in [4.69, 9.17) is 24.8 Å². The molecule has 0 fully saturated rings. The van der Waals surface area contributed by atoms with Crippen LogP contribution in [0, 0.1) is 0 Å². The lowest BCUT2D eigenvalue weighted by atomic mass is 10.1. The minimum Gasteiger partial charge on any atom is -0.480 e. The van der Waals surface area contributed by atoms with E-state index >= 15 is 0 Å². The van der Waals surface area contributed by atoms with Crippen molar-refractivity contribution in [1.29, 1.82) is 0 Å². The zero-order valence-electron chi connectivity index (χ0n) is 32.8. The molecule has 54 heavy (non-hydrogen) atoms. The molecule has 0 spiro atoms. The molecule has 0 aromatic heterocycles. The summed E-state index contributed by atoms with van der Waals surface area (Å²) in [6, 6.07) is -1.54. The van der Waals surface area contributed by atoms with Crippen LogP contribution < -0.4 is 5.73 Å². The zero-order chi connectivity index (χ0) is 40.0. The fourth-order valence-corrected chi connectivity index (χ4v) is 5.31. The van der Waals surface area contributed by atoms with Crippen LogP contribution in [0.5, 0.6) is 0 Å². The molecular formula is C42H68NO10P. The maximum absolute atomic E-state index is 12.6. The summed E-state index contributed by atoms with van der Waals surface area (Å²) in [7, 11) is -4.74. The number of nitrogens with two attached hydrogens (primary N) is 1.